The summed E-state index contributed by atoms with van der Waals surface area (Å²) in [6.07, 6.45) is 1.85. The summed E-state index contributed by atoms with van der Waals surface area (Å²) in [5.41, 5.74) is 3.34. The minimum atomic E-state index is 0.415. The Morgan fingerprint density at radius 2 is 1.72 bits per heavy atom. The van der Waals surface area contributed by atoms with Gasteiger partial charge in [-0.1, -0.05) is 72.3 Å². The van der Waals surface area contributed by atoms with E-state index in [1.54, 1.807) is 0 Å². The molecule has 2 nitrogen and oxygen atoms in total. The number of para-hydroxylation sites is 1. The summed E-state index contributed by atoms with van der Waals surface area (Å²) >= 11 is 6.01. The predicted molar refractivity (Wildman–Crippen MR) is 102 cm³/mol. The van der Waals surface area contributed by atoms with Crippen LogP contribution in [0.2, 0.25) is 5.02 Å². The number of benzene rings is 3. The highest BCUT2D eigenvalue weighted by Crippen LogP contribution is 2.25. The van der Waals surface area contributed by atoms with Crippen LogP contribution in [-0.4, -0.2) is 0 Å². The van der Waals surface area contributed by atoms with Crippen molar-refractivity contribution in [2.24, 2.45) is 0 Å². The summed E-state index contributed by atoms with van der Waals surface area (Å²) < 4.78 is 5.95. The van der Waals surface area contributed by atoms with E-state index >= 15 is 0 Å². The van der Waals surface area contributed by atoms with Crippen molar-refractivity contribution in [1.82, 2.24) is 0 Å². The molecule has 0 fully saturated rings. The second-order valence-electron chi connectivity index (χ2n) is 5.49. The van der Waals surface area contributed by atoms with Gasteiger partial charge < -0.3 is 4.74 Å². The Bertz CT molecular complexity index is 926. The third-order valence-electron chi connectivity index (χ3n) is 3.71. The molecular formula is C22H16ClNO. The molecule has 25 heavy (non-hydrogen) atoms. The van der Waals surface area contributed by atoms with Crippen LogP contribution < -0.4 is 4.74 Å². The molecule has 0 saturated carbocycles. The molecule has 0 bridgehead atoms. The molecule has 0 aliphatic heterocycles. The number of rotatable bonds is 5. The van der Waals surface area contributed by atoms with Crippen LogP contribution in [0, 0.1) is 11.3 Å². The lowest BCUT2D eigenvalue weighted by Crippen LogP contribution is -1.97. The lowest BCUT2D eigenvalue weighted by Gasteiger charge is -2.10. The normalized spacial score (nSPS) is 11.0. The molecule has 0 N–H and O–H groups in total. The predicted octanol–water partition coefficient (Wildman–Crippen LogP) is 5.98. The zero-order chi connectivity index (χ0) is 17.5. The van der Waals surface area contributed by atoms with Gasteiger partial charge in [0.05, 0.1) is 11.6 Å². The lowest BCUT2D eigenvalue weighted by molar-refractivity contribution is 0.305. The summed E-state index contributed by atoms with van der Waals surface area (Å²) in [6.45, 7) is 0.415. The summed E-state index contributed by atoms with van der Waals surface area (Å²) in [5.74, 6) is 0.728. The second-order valence-corrected chi connectivity index (χ2v) is 5.93. The molecule has 3 aromatic rings. The van der Waals surface area contributed by atoms with Crippen LogP contribution in [-0.2, 0) is 6.61 Å². The SMILES string of the molecule is N#C/C(=C\c1ccccc1OCc1cccc(Cl)c1)c1ccccc1. The Balaban J connectivity index is 1.86. The quantitative estimate of drug-likeness (QED) is 0.420. The molecule has 0 aliphatic carbocycles. The molecular weight excluding hydrogens is 330 g/mol. The standard InChI is InChI=1S/C22H16ClNO/c23-21-11-6-7-17(13-21)16-25-22-12-5-4-10-19(22)14-20(15-24)18-8-2-1-3-9-18/h1-14H,16H2/b20-14+. The first kappa shape index (κ1) is 16.8. The van der Waals surface area contributed by atoms with Gasteiger partial charge in [0.2, 0.25) is 0 Å². The van der Waals surface area contributed by atoms with Gasteiger partial charge in [-0.3, -0.25) is 0 Å². The third kappa shape index (κ3) is 4.50. The first-order valence-corrected chi connectivity index (χ1v) is 8.27. The topological polar surface area (TPSA) is 33.0 Å². The fraction of sp³-hybridized carbons (Fsp3) is 0.0455. The minimum absolute atomic E-state index is 0.415. The Morgan fingerprint density at radius 1 is 0.960 bits per heavy atom. The maximum atomic E-state index is 9.50. The smallest absolute Gasteiger partial charge is 0.127 e. The first-order valence-electron chi connectivity index (χ1n) is 7.90. The van der Waals surface area contributed by atoms with Crippen LogP contribution >= 0.6 is 11.6 Å². The average molecular weight is 346 g/mol. The number of allylic oxidation sites excluding steroid dienone is 1. The number of hydrogen-bond acceptors (Lipinski definition) is 2. The summed E-state index contributed by atoms with van der Waals surface area (Å²) in [6, 6.07) is 27.1. The van der Waals surface area contributed by atoms with Gasteiger partial charge in [0.15, 0.2) is 0 Å². The molecule has 3 heteroatoms. The Labute approximate surface area is 152 Å². The van der Waals surface area contributed by atoms with E-state index in [4.69, 9.17) is 16.3 Å². The Hall–Kier alpha value is -3.02. The van der Waals surface area contributed by atoms with Gasteiger partial charge in [-0.15, -0.1) is 0 Å². The molecule has 0 unspecified atom stereocenters. The number of nitrogens with zero attached hydrogens (tertiary/aromatic N) is 1. The van der Waals surface area contributed by atoms with Crippen LogP contribution in [0.4, 0.5) is 0 Å². The van der Waals surface area contributed by atoms with Gasteiger partial charge in [0.1, 0.15) is 12.4 Å². The van der Waals surface area contributed by atoms with Gasteiger partial charge >= 0.3 is 0 Å². The largest absolute Gasteiger partial charge is 0.488 e. The van der Waals surface area contributed by atoms with Crippen molar-refractivity contribution in [3.8, 4) is 11.8 Å². The van der Waals surface area contributed by atoms with E-state index in [9.17, 15) is 5.26 Å². The van der Waals surface area contributed by atoms with E-state index < -0.39 is 0 Å². The number of hydrogen-bond donors (Lipinski definition) is 0. The molecule has 0 heterocycles. The fourth-order valence-corrected chi connectivity index (χ4v) is 2.69. The van der Waals surface area contributed by atoms with Crippen LogP contribution in [0.1, 0.15) is 16.7 Å². The highest BCUT2D eigenvalue weighted by molar-refractivity contribution is 6.30. The molecule has 0 saturated heterocycles. The molecule has 0 radical (unpaired) electrons. The Kier molecular flexibility index (Phi) is 5.51. The van der Waals surface area contributed by atoms with Crippen molar-refractivity contribution in [3.63, 3.8) is 0 Å². The maximum Gasteiger partial charge on any atom is 0.127 e. The van der Waals surface area contributed by atoms with Crippen LogP contribution in [0.5, 0.6) is 5.75 Å². The van der Waals surface area contributed by atoms with Gasteiger partial charge in [0, 0.05) is 10.6 Å². The third-order valence-corrected chi connectivity index (χ3v) is 3.94. The van der Waals surface area contributed by atoms with Crippen LogP contribution in [0.25, 0.3) is 11.6 Å². The van der Waals surface area contributed by atoms with Gasteiger partial charge in [0.25, 0.3) is 0 Å². The lowest BCUT2D eigenvalue weighted by atomic mass is 10.0. The zero-order valence-electron chi connectivity index (χ0n) is 13.5. The van der Waals surface area contributed by atoms with Crippen LogP contribution in [0.15, 0.2) is 78.9 Å². The molecule has 0 spiro atoms. The van der Waals surface area contributed by atoms with E-state index in [2.05, 4.69) is 6.07 Å². The number of halogens is 1. The summed E-state index contributed by atoms with van der Waals surface area (Å²) in [5, 5.41) is 10.2. The van der Waals surface area contributed by atoms with E-state index in [-0.39, 0.29) is 0 Å². The molecule has 3 aromatic carbocycles. The zero-order valence-corrected chi connectivity index (χ0v) is 14.3. The summed E-state index contributed by atoms with van der Waals surface area (Å²) in [7, 11) is 0. The molecule has 0 atom stereocenters. The minimum Gasteiger partial charge on any atom is -0.488 e. The molecule has 0 amide bonds. The molecule has 122 valence electrons. The van der Waals surface area contributed by atoms with Gasteiger partial charge in [-0.25, -0.2) is 0 Å². The monoisotopic (exact) mass is 345 g/mol. The maximum absolute atomic E-state index is 9.50. The number of ether oxygens (including phenoxy) is 1. The van der Waals surface area contributed by atoms with Crippen molar-refractivity contribution in [3.05, 3.63) is 101 Å². The van der Waals surface area contributed by atoms with Crippen molar-refractivity contribution >= 4 is 23.3 Å². The molecule has 3 rings (SSSR count). The first-order chi connectivity index (χ1) is 12.3. The summed E-state index contributed by atoms with van der Waals surface area (Å²) in [4.78, 5) is 0. The van der Waals surface area contributed by atoms with Crippen molar-refractivity contribution in [2.45, 2.75) is 6.61 Å². The highest BCUT2D eigenvalue weighted by atomic mass is 35.5. The average Bonchev–Trinajstić information content (AvgIpc) is 2.66. The van der Waals surface area contributed by atoms with E-state index in [0.717, 1.165) is 22.4 Å². The fourth-order valence-electron chi connectivity index (χ4n) is 2.47. The van der Waals surface area contributed by atoms with Crippen molar-refractivity contribution < 1.29 is 4.74 Å². The van der Waals surface area contributed by atoms with E-state index in [1.807, 2.05) is 84.9 Å². The highest BCUT2D eigenvalue weighted by Gasteiger charge is 2.05. The van der Waals surface area contributed by atoms with E-state index in [1.165, 1.54) is 0 Å². The van der Waals surface area contributed by atoms with Crippen molar-refractivity contribution in [1.29, 1.82) is 5.26 Å². The van der Waals surface area contributed by atoms with E-state index in [0.29, 0.717) is 17.2 Å². The molecule has 0 aromatic heterocycles. The van der Waals surface area contributed by atoms with Gasteiger partial charge in [-0.2, -0.15) is 5.26 Å². The number of nitriles is 1. The van der Waals surface area contributed by atoms with Crippen molar-refractivity contribution in [2.75, 3.05) is 0 Å². The molecule has 0 aliphatic rings. The second kappa shape index (κ2) is 8.19. The van der Waals surface area contributed by atoms with Crippen LogP contribution in [0.3, 0.4) is 0 Å². The Morgan fingerprint density at radius 3 is 2.48 bits per heavy atom. The van der Waals surface area contributed by atoms with Gasteiger partial charge in [-0.05, 0) is 35.4 Å².